The molecule has 154 valence electrons. The van der Waals surface area contributed by atoms with Crippen LogP contribution in [-0.4, -0.2) is 47.7 Å². The van der Waals surface area contributed by atoms with Gasteiger partial charge in [-0.25, -0.2) is 4.98 Å². The molecule has 2 aliphatic rings. The van der Waals surface area contributed by atoms with Crippen molar-refractivity contribution < 1.29 is 19.1 Å². The van der Waals surface area contributed by atoms with Gasteiger partial charge in [0.05, 0.1) is 19.3 Å². The zero-order valence-electron chi connectivity index (χ0n) is 16.6. The minimum atomic E-state index is -0.264. The molecule has 4 rings (SSSR count). The number of rotatable bonds is 8. The first kappa shape index (κ1) is 19.3. The summed E-state index contributed by atoms with van der Waals surface area (Å²) in [5.74, 6) is 1.37. The Labute approximate surface area is 169 Å². The highest BCUT2D eigenvalue weighted by atomic mass is 16.5. The van der Waals surface area contributed by atoms with E-state index >= 15 is 0 Å². The summed E-state index contributed by atoms with van der Waals surface area (Å²) in [6.07, 6.45) is 4.77. The first-order valence-corrected chi connectivity index (χ1v) is 10.1. The number of hydrogen-bond acceptors (Lipinski definition) is 5. The Morgan fingerprint density at radius 2 is 1.90 bits per heavy atom. The van der Waals surface area contributed by atoms with Gasteiger partial charge in [0.15, 0.2) is 5.82 Å². The lowest BCUT2D eigenvalue weighted by molar-refractivity contribution is 0.0935. The molecule has 0 unspecified atom stereocenters. The maximum Gasteiger partial charge on any atom is 0.287 e. The second-order valence-electron chi connectivity index (χ2n) is 7.37. The van der Waals surface area contributed by atoms with Gasteiger partial charge in [-0.1, -0.05) is 0 Å². The summed E-state index contributed by atoms with van der Waals surface area (Å²) in [5, 5.41) is 5.82. The SMILES string of the molecule is COc1ccc(OCCNC(=O)c2nc(C(=O)NC3CC3)n3c2CCCC3)cc1. The van der Waals surface area contributed by atoms with Crippen molar-refractivity contribution in [2.75, 3.05) is 20.3 Å². The van der Waals surface area contributed by atoms with E-state index in [1.807, 2.05) is 28.8 Å². The van der Waals surface area contributed by atoms with Gasteiger partial charge in [0, 0.05) is 12.6 Å². The number of nitrogens with one attached hydrogen (secondary N) is 2. The number of aromatic nitrogens is 2. The van der Waals surface area contributed by atoms with E-state index in [0.29, 0.717) is 30.4 Å². The normalized spacial score (nSPS) is 15.3. The molecule has 0 atom stereocenters. The van der Waals surface area contributed by atoms with E-state index in [0.717, 1.165) is 50.1 Å². The third kappa shape index (κ3) is 4.52. The summed E-state index contributed by atoms with van der Waals surface area (Å²) in [4.78, 5) is 29.6. The van der Waals surface area contributed by atoms with E-state index in [9.17, 15) is 9.59 Å². The maximum atomic E-state index is 12.7. The second kappa shape index (κ2) is 8.55. The van der Waals surface area contributed by atoms with Crippen LogP contribution in [0.5, 0.6) is 11.5 Å². The van der Waals surface area contributed by atoms with Crippen molar-refractivity contribution in [1.29, 1.82) is 0 Å². The largest absolute Gasteiger partial charge is 0.497 e. The molecule has 2 N–H and O–H groups in total. The highest BCUT2D eigenvalue weighted by Crippen LogP contribution is 2.23. The van der Waals surface area contributed by atoms with E-state index in [1.54, 1.807) is 7.11 Å². The lowest BCUT2D eigenvalue weighted by Crippen LogP contribution is -2.29. The van der Waals surface area contributed by atoms with Crippen molar-refractivity contribution in [2.45, 2.75) is 44.7 Å². The van der Waals surface area contributed by atoms with Gasteiger partial charge < -0.3 is 24.7 Å². The Morgan fingerprint density at radius 1 is 1.14 bits per heavy atom. The van der Waals surface area contributed by atoms with Crippen molar-refractivity contribution >= 4 is 11.8 Å². The number of amides is 2. The topological polar surface area (TPSA) is 94.5 Å². The number of benzene rings is 1. The number of imidazole rings is 1. The van der Waals surface area contributed by atoms with Crippen LogP contribution >= 0.6 is 0 Å². The van der Waals surface area contributed by atoms with Gasteiger partial charge in [-0.05, 0) is 56.4 Å². The van der Waals surface area contributed by atoms with Gasteiger partial charge in [-0.2, -0.15) is 0 Å². The van der Waals surface area contributed by atoms with Gasteiger partial charge >= 0.3 is 0 Å². The molecule has 0 spiro atoms. The van der Waals surface area contributed by atoms with Crippen LogP contribution in [0.15, 0.2) is 24.3 Å². The number of carbonyl (C=O) groups is 2. The van der Waals surface area contributed by atoms with Gasteiger partial charge in [0.25, 0.3) is 11.8 Å². The maximum absolute atomic E-state index is 12.7. The van der Waals surface area contributed by atoms with Crippen molar-refractivity contribution in [1.82, 2.24) is 20.2 Å². The van der Waals surface area contributed by atoms with Gasteiger partial charge in [-0.3, -0.25) is 9.59 Å². The van der Waals surface area contributed by atoms with Crippen LogP contribution in [-0.2, 0) is 13.0 Å². The van der Waals surface area contributed by atoms with E-state index in [1.165, 1.54) is 0 Å². The van der Waals surface area contributed by atoms with Crippen LogP contribution < -0.4 is 20.1 Å². The molecule has 0 bridgehead atoms. The van der Waals surface area contributed by atoms with Crippen molar-refractivity contribution in [3.05, 3.63) is 41.5 Å². The fourth-order valence-electron chi connectivity index (χ4n) is 3.46. The summed E-state index contributed by atoms with van der Waals surface area (Å²) in [6, 6.07) is 7.53. The predicted octanol–water partition coefficient (Wildman–Crippen LogP) is 1.93. The fourth-order valence-corrected chi connectivity index (χ4v) is 3.46. The first-order valence-electron chi connectivity index (χ1n) is 10.1. The number of carbonyl (C=O) groups excluding carboxylic acids is 2. The number of nitrogens with zero attached hydrogens (tertiary/aromatic N) is 2. The average molecular weight is 398 g/mol. The van der Waals surface area contributed by atoms with E-state index in [4.69, 9.17) is 9.47 Å². The second-order valence-corrected chi connectivity index (χ2v) is 7.37. The predicted molar refractivity (Wildman–Crippen MR) is 106 cm³/mol. The summed E-state index contributed by atoms with van der Waals surface area (Å²) in [5.41, 5.74) is 1.21. The monoisotopic (exact) mass is 398 g/mol. The van der Waals surface area contributed by atoms with E-state index in [-0.39, 0.29) is 17.9 Å². The van der Waals surface area contributed by atoms with Crippen LogP contribution in [0.3, 0.4) is 0 Å². The van der Waals surface area contributed by atoms with E-state index < -0.39 is 0 Å². The summed E-state index contributed by atoms with van der Waals surface area (Å²) < 4.78 is 12.7. The molecule has 1 aromatic heterocycles. The Bertz CT molecular complexity index is 887. The molecular weight excluding hydrogens is 372 g/mol. The molecule has 2 aromatic rings. The molecule has 8 nitrogen and oxygen atoms in total. The molecule has 1 saturated carbocycles. The number of hydrogen-bond donors (Lipinski definition) is 2. The Morgan fingerprint density at radius 3 is 2.62 bits per heavy atom. The van der Waals surface area contributed by atoms with Gasteiger partial charge in [0.2, 0.25) is 0 Å². The molecule has 29 heavy (non-hydrogen) atoms. The smallest absolute Gasteiger partial charge is 0.287 e. The minimum Gasteiger partial charge on any atom is -0.497 e. The van der Waals surface area contributed by atoms with Gasteiger partial charge in [-0.15, -0.1) is 0 Å². The van der Waals surface area contributed by atoms with Crippen LogP contribution in [0, 0.1) is 0 Å². The molecule has 0 saturated heterocycles. The van der Waals surface area contributed by atoms with Crippen LogP contribution in [0.4, 0.5) is 0 Å². The zero-order chi connectivity index (χ0) is 20.2. The fraction of sp³-hybridized carbons (Fsp3) is 0.476. The van der Waals surface area contributed by atoms with Crippen molar-refractivity contribution in [2.24, 2.45) is 0 Å². The molecule has 1 fully saturated rings. The lowest BCUT2D eigenvalue weighted by Gasteiger charge is -2.17. The van der Waals surface area contributed by atoms with Gasteiger partial charge in [0.1, 0.15) is 23.8 Å². The van der Waals surface area contributed by atoms with Crippen LogP contribution in [0.25, 0.3) is 0 Å². The molecular formula is C21H26N4O4. The number of ether oxygens (including phenoxy) is 2. The molecule has 0 radical (unpaired) electrons. The summed E-state index contributed by atoms with van der Waals surface area (Å²) >= 11 is 0. The quantitative estimate of drug-likeness (QED) is 0.663. The molecule has 2 amide bonds. The molecule has 1 aliphatic carbocycles. The number of methoxy groups -OCH3 is 1. The summed E-state index contributed by atoms with van der Waals surface area (Å²) in [7, 11) is 1.61. The Kier molecular flexibility index (Phi) is 5.69. The Hall–Kier alpha value is -3.03. The van der Waals surface area contributed by atoms with Crippen molar-refractivity contribution in [3.8, 4) is 11.5 Å². The highest BCUT2D eigenvalue weighted by Gasteiger charge is 2.30. The summed E-state index contributed by atoms with van der Waals surface area (Å²) in [6.45, 7) is 1.41. The third-order valence-electron chi connectivity index (χ3n) is 5.16. The first-order chi connectivity index (χ1) is 14.2. The van der Waals surface area contributed by atoms with Crippen molar-refractivity contribution in [3.63, 3.8) is 0 Å². The van der Waals surface area contributed by atoms with Crippen LogP contribution in [0.2, 0.25) is 0 Å². The molecule has 8 heteroatoms. The number of fused-ring (bicyclic) bond motifs is 1. The average Bonchev–Trinajstić information content (AvgIpc) is 3.48. The Balaban J connectivity index is 1.36. The standard InChI is InChI=1S/C21H26N4O4/c1-28-15-7-9-16(10-8-15)29-13-11-22-20(26)18-17-4-2-3-12-25(17)19(24-18)21(27)23-14-5-6-14/h7-10,14H,2-6,11-13H2,1H3,(H,22,26)(H,23,27). The third-order valence-corrected chi connectivity index (χ3v) is 5.16. The van der Waals surface area contributed by atoms with Crippen LogP contribution in [0.1, 0.15) is 52.5 Å². The molecule has 1 aromatic carbocycles. The minimum absolute atomic E-state index is 0.183. The zero-order valence-corrected chi connectivity index (χ0v) is 16.6. The highest BCUT2D eigenvalue weighted by molar-refractivity contribution is 5.97. The van der Waals surface area contributed by atoms with E-state index in [2.05, 4.69) is 15.6 Å². The lowest BCUT2D eigenvalue weighted by atomic mass is 10.1. The molecule has 2 heterocycles. The molecule has 1 aliphatic heterocycles.